The SMILES string of the molecule is CC(C)Cn1ccnc(N2CCC(CCCl)C2)c1=O. The van der Waals surface area contributed by atoms with Crippen molar-refractivity contribution in [2.24, 2.45) is 11.8 Å². The fourth-order valence-corrected chi connectivity index (χ4v) is 2.91. The van der Waals surface area contributed by atoms with Crippen LogP contribution in [0.15, 0.2) is 17.2 Å². The molecule has 0 N–H and O–H groups in total. The molecule has 4 nitrogen and oxygen atoms in total. The molecule has 0 aromatic carbocycles. The van der Waals surface area contributed by atoms with Gasteiger partial charge in [-0.15, -0.1) is 11.6 Å². The van der Waals surface area contributed by atoms with Crippen molar-refractivity contribution in [1.29, 1.82) is 0 Å². The second-order valence-corrected chi connectivity index (χ2v) is 6.06. The van der Waals surface area contributed by atoms with Crippen LogP contribution in [0.1, 0.15) is 26.7 Å². The molecule has 1 aromatic heterocycles. The van der Waals surface area contributed by atoms with Crippen molar-refractivity contribution in [2.75, 3.05) is 23.9 Å². The first-order valence-electron chi connectivity index (χ1n) is 6.98. The Bertz CT molecular complexity index is 472. The van der Waals surface area contributed by atoms with Gasteiger partial charge in [-0.3, -0.25) is 4.79 Å². The summed E-state index contributed by atoms with van der Waals surface area (Å²) in [4.78, 5) is 18.8. The third-order valence-corrected chi connectivity index (χ3v) is 3.78. The summed E-state index contributed by atoms with van der Waals surface area (Å²) in [6.45, 7) is 6.78. The van der Waals surface area contributed by atoms with Crippen LogP contribution in [0.5, 0.6) is 0 Å². The van der Waals surface area contributed by atoms with E-state index in [1.54, 1.807) is 17.0 Å². The van der Waals surface area contributed by atoms with E-state index in [0.29, 0.717) is 23.5 Å². The Labute approximate surface area is 119 Å². The third-order valence-electron chi connectivity index (χ3n) is 3.56. The van der Waals surface area contributed by atoms with Crippen LogP contribution in [0.25, 0.3) is 0 Å². The van der Waals surface area contributed by atoms with Crippen molar-refractivity contribution in [1.82, 2.24) is 9.55 Å². The molecule has 0 spiro atoms. The summed E-state index contributed by atoms with van der Waals surface area (Å²) in [5.74, 6) is 2.34. The maximum absolute atomic E-state index is 12.4. The summed E-state index contributed by atoms with van der Waals surface area (Å²) >= 11 is 5.79. The summed E-state index contributed by atoms with van der Waals surface area (Å²) < 4.78 is 1.77. The molecule has 106 valence electrons. The Kier molecular flexibility index (Phi) is 4.86. The molecule has 1 fully saturated rings. The van der Waals surface area contributed by atoms with Crippen LogP contribution in [-0.4, -0.2) is 28.5 Å². The van der Waals surface area contributed by atoms with Gasteiger partial charge in [0.25, 0.3) is 5.56 Å². The van der Waals surface area contributed by atoms with E-state index in [1.807, 2.05) is 0 Å². The minimum Gasteiger partial charge on any atom is -0.352 e. The summed E-state index contributed by atoms with van der Waals surface area (Å²) in [6, 6.07) is 0. The highest BCUT2D eigenvalue weighted by atomic mass is 35.5. The van der Waals surface area contributed by atoms with Gasteiger partial charge in [0.05, 0.1) is 0 Å². The molecule has 5 heteroatoms. The average Bonchev–Trinajstić information content (AvgIpc) is 2.80. The second-order valence-electron chi connectivity index (χ2n) is 5.68. The van der Waals surface area contributed by atoms with Crippen molar-refractivity contribution in [3.63, 3.8) is 0 Å². The Balaban J connectivity index is 2.15. The van der Waals surface area contributed by atoms with E-state index in [9.17, 15) is 4.79 Å². The molecule has 1 aromatic rings. The summed E-state index contributed by atoms with van der Waals surface area (Å²) in [7, 11) is 0. The van der Waals surface area contributed by atoms with Gasteiger partial charge < -0.3 is 9.47 Å². The highest BCUT2D eigenvalue weighted by molar-refractivity contribution is 6.17. The maximum atomic E-state index is 12.4. The van der Waals surface area contributed by atoms with Crippen LogP contribution >= 0.6 is 11.6 Å². The fraction of sp³-hybridized carbons (Fsp3) is 0.714. The standard InChI is InChI=1S/C14H22ClN3O/c1-11(2)9-18-8-6-16-13(14(18)19)17-7-4-12(10-17)3-5-15/h6,8,11-12H,3-5,7,9-10H2,1-2H3. The Hall–Kier alpha value is -1.03. The first-order valence-corrected chi connectivity index (χ1v) is 7.51. The molecule has 1 unspecified atom stereocenters. The zero-order valence-electron chi connectivity index (χ0n) is 11.7. The molecule has 1 aliphatic rings. The molecule has 1 atom stereocenters. The van der Waals surface area contributed by atoms with Crippen LogP contribution in [0.4, 0.5) is 5.82 Å². The smallest absolute Gasteiger partial charge is 0.293 e. The van der Waals surface area contributed by atoms with E-state index in [0.717, 1.165) is 32.5 Å². The van der Waals surface area contributed by atoms with Crippen molar-refractivity contribution < 1.29 is 0 Å². The van der Waals surface area contributed by atoms with Gasteiger partial charge in [0.1, 0.15) is 0 Å². The minimum atomic E-state index is 0.0303. The normalized spacial score (nSPS) is 19.4. The quantitative estimate of drug-likeness (QED) is 0.779. The van der Waals surface area contributed by atoms with Gasteiger partial charge in [-0.1, -0.05) is 13.8 Å². The Morgan fingerprint density at radius 2 is 2.32 bits per heavy atom. The van der Waals surface area contributed by atoms with E-state index in [-0.39, 0.29) is 5.56 Å². The molecule has 0 radical (unpaired) electrons. The zero-order valence-corrected chi connectivity index (χ0v) is 12.4. The molecule has 2 heterocycles. The van der Waals surface area contributed by atoms with Crippen LogP contribution in [0.2, 0.25) is 0 Å². The highest BCUT2D eigenvalue weighted by Crippen LogP contribution is 2.22. The van der Waals surface area contributed by atoms with Gasteiger partial charge in [0.2, 0.25) is 0 Å². The van der Waals surface area contributed by atoms with Crippen LogP contribution < -0.4 is 10.5 Å². The lowest BCUT2D eigenvalue weighted by molar-refractivity contribution is 0.508. The van der Waals surface area contributed by atoms with Crippen molar-refractivity contribution in [2.45, 2.75) is 33.2 Å². The lowest BCUT2D eigenvalue weighted by Crippen LogP contribution is -2.32. The molecule has 1 aliphatic heterocycles. The highest BCUT2D eigenvalue weighted by Gasteiger charge is 2.25. The van der Waals surface area contributed by atoms with E-state index in [1.165, 1.54) is 0 Å². The number of alkyl halides is 1. The number of halogens is 1. The van der Waals surface area contributed by atoms with Gasteiger partial charge in [0, 0.05) is 37.9 Å². The number of aromatic nitrogens is 2. The third kappa shape index (κ3) is 3.50. The van der Waals surface area contributed by atoms with Gasteiger partial charge in [-0.25, -0.2) is 4.98 Å². The second kappa shape index (κ2) is 6.42. The zero-order chi connectivity index (χ0) is 13.8. The molecule has 2 rings (SSSR count). The van der Waals surface area contributed by atoms with Gasteiger partial charge in [-0.05, 0) is 24.7 Å². The van der Waals surface area contributed by atoms with E-state index in [4.69, 9.17) is 11.6 Å². The summed E-state index contributed by atoms with van der Waals surface area (Å²) in [5.41, 5.74) is 0.0303. The molecule has 0 amide bonds. The fourth-order valence-electron chi connectivity index (χ4n) is 2.60. The summed E-state index contributed by atoms with van der Waals surface area (Å²) in [6.07, 6.45) is 5.63. The number of rotatable bonds is 5. The van der Waals surface area contributed by atoms with Crippen molar-refractivity contribution >= 4 is 17.4 Å². The Morgan fingerprint density at radius 1 is 1.53 bits per heavy atom. The van der Waals surface area contributed by atoms with Crippen LogP contribution in [0, 0.1) is 11.8 Å². The van der Waals surface area contributed by atoms with Crippen LogP contribution in [0.3, 0.4) is 0 Å². The molecule has 1 saturated heterocycles. The number of nitrogens with zero attached hydrogens (tertiary/aromatic N) is 3. The predicted octanol–water partition coefficient (Wildman–Crippen LogP) is 2.35. The van der Waals surface area contributed by atoms with E-state index in [2.05, 4.69) is 23.7 Å². The lowest BCUT2D eigenvalue weighted by atomic mass is 10.1. The molecular weight excluding hydrogens is 262 g/mol. The largest absolute Gasteiger partial charge is 0.352 e. The molecule has 19 heavy (non-hydrogen) atoms. The van der Waals surface area contributed by atoms with Crippen molar-refractivity contribution in [3.8, 4) is 0 Å². The topological polar surface area (TPSA) is 38.1 Å². The predicted molar refractivity (Wildman–Crippen MR) is 79.0 cm³/mol. The first-order chi connectivity index (χ1) is 9.11. The number of hydrogen-bond donors (Lipinski definition) is 0. The average molecular weight is 284 g/mol. The van der Waals surface area contributed by atoms with Gasteiger partial charge in [-0.2, -0.15) is 0 Å². The molecule has 0 saturated carbocycles. The minimum absolute atomic E-state index is 0.0303. The van der Waals surface area contributed by atoms with Crippen LogP contribution in [-0.2, 0) is 6.54 Å². The molecule has 0 bridgehead atoms. The molecule has 0 aliphatic carbocycles. The maximum Gasteiger partial charge on any atom is 0.293 e. The van der Waals surface area contributed by atoms with Crippen molar-refractivity contribution in [3.05, 3.63) is 22.7 Å². The lowest BCUT2D eigenvalue weighted by Gasteiger charge is -2.18. The number of anilines is 1. The van der Waals surface area contributed by atoms with Gasteiger partial charge in [0.15, 0.2) is 5.82 Å². The molecular formula is C14H22ClN3O. The van der Waals surface area contributed by atoms with E-state index >= 15 is 0 Å². The summed E-state index contributed by atoms with van der Waals surface area (Å²) in [5, 5.41) is 0. The van der Waals surface area contributed by atoms with E-state index < -0.39 is 0 Å². The first kappa shape index (κ1) is 14.4. The Morgan fingerprint density at radius 3 is 3.00 bits per heavy atom. The van der Waals surface area contributed by atoms with Gasteiger partial charge >= 0.3 is 0 Å². The monoisotopic (exact) mass is 283 g/mol. The number of hydrogen-bond acceptors (Lipinski definition) is 3.